The average molecular weight is 259 g/mol. The van der Waals surface area contributed by atoms with E-state index in [2.05, 4.69) is 4.74 Å². The van der Waals surface area contributed by atoms with E-state index in [1.165, 1.54) is 0 Å². The molecule has 94 valence electrons. The Bertz CT molecular complexity index is 363. The van der Waals surface area contributed by atoms with Crippen LogP contribution in [0.4, 0.5) is 0 Å². The normalized spacial score (nSPS) is 14.1. The summed E-state index contributed by atoms with van der Waals surface area (Å²) in [4.78, 5) is 11.2. The summed E-state index contributed by atoms with van der Waals surface area (Å²) in [5.74, 6) is -0.722. The van der Waals surface area contributed by atoms with Gasteiger partial charge >= 0.3 is 5.97 Å². The van der Waals surface area contributed by atoms with Gasteiger partial charge in [0.25, 0.3) is 0 Å². The van der Waals surface area contributed by atoms with E-state index in [1.54, 1.807) is 31.2 Å². The van der Waals surface area contributed by atoms with Crippen LogP contribution in [0.5, 0.6) is 0 Å². The van der Waals surface area contributed by atoms with Crippen molar-refractivity contribution in [3.63, 3.8) is 0 Å². The number of ether oxygens (including phenoxy) is 1. The third-order valence-electron chi connectivity index (χ3n) is 2.26. The molecule has 4 nitrogen and oxygen atoms in total. The van der Waals surface area contributed by atoms with Gasteiger partial charge in [0.15, 0.2) is 6.10 Å². The van der Waals surface area contributed by atoms with Crippen LogP contribution < -0.4 is 0 Å². The third kappa shape index (κ3) is 4.34. The highest BCUT2D eigenvalue weighted by Crippen LogP contribution is 2.20. The lowest BCUT2D eigenvalue weighted by Crippen LogP contribution is -2.25. The first kappa shape index (κ1) is 14.0. The molecule has 0 bridgehead atoms. The molecule has 0 spiro atoms. The Balaban J connectivity index is 2.56. The fourth-order valence-corrected chi connectivity index (χ4v) is 1.49. The summed E-state index contributed by atoms with van der Waals surface area (Å²) in [6, 6.07) is 6.56. The number of halogens is 1. The van der Waals surface area contributed by atoms with Gasteiger partial charge in [0.2, 0.25) is 0 Å². The van der Waals surface area contributed by atoms with Gasteiger partial charge in [0.1, 0.15) is 0 Å². The van der Waals surface area contributed by atoms with E-state index in [9.17, 15) is 15.0 Å². The Morgan fingerprint density at radius 2 is 1.94 bits per heavy atom. The summed E-state index contributed by atoms with van der Waals surface area (Å²) in [6.07, 6.45) is -2.34. The number of rotatable bonds is 5. The van der Waals surface area contributed by atoms with E-state index < -0.39 is 18.2 Å². The highest BCUT2D eigenvalue weighted by Gasteiger charge is 2.21. The maximum Gasteiger partial charge on any atom is 0.335 e. The van der Waals surface area contributed by atoms with Crippen LogP contribution in [-0.2, 0) is 9.53 Å². The standard InChI is InChI=1S/C12H15ClO4/c1-2-17-12(16)11(15)7-10(14)8-3-5-9(13)6-4-8/h3-6,10-11,14-15H,2,7H2,1H3. The van der Waals surface area contributed by atoms with Crippen LogP contribution in [-0.4, -0.2) is 28.9 Å². The van der Waals surface area contributed by atoms with Crippen molar-refractivity contribution < 1.29 is 19.7 Å². The Labute approximate surface area is 105 Å². The lowest BCUT2D eigenvalue weighted by molar-refractivity contribution is -0.154. The van der Waals surface area contributed by atoms with Gasteiger partial charge in [-0.15, -0.1) is 0 Å². The molecule has 0 amide bonds. The highest BCUT2D eigenvalue weighted by molar-refractivity contribution is 6.30. The van der Waals surface area contributed by atoms with Gasteiger partial charge in [0, 0.05) is 11.4 Å². The molecule has 2 N–H and O–H groups in total. The van der Waals surface area contributed by atoms with E-state index in [1.807, 2.05) is 0 Å². The van der Waals surface area contributed by atoms with Gasteiger partial charge in [0.05, 0.1) is 12.7 Å². The molecule has 0 radical (unpaired) electrons. The van der Waals surface area contributed by atoms with E-state index in [-0.39, 0.29) is 13.0 Å². The first-order valence-corrected chi connectivity index (χ1v) is 5.70. The lowest BCUT2D eigenvalue weighted by Gasteiger charge is -2.14. The highest BCUT2D eigenvalue weighted by atomic mass is 35.5. The number of carbonyl (C=O) groups is 1. The topological polar surface area (TPSA) is 66.8 Å². The second kappa shape index (κ2) is 6.59. The van der Waals surface area contributed by atoms with Crippen molar-refractivity contribution >= 4 is 17.6 Å². The van der Waals surface area contributed by atoms with Crippen molar-refractivity contribution in [3.8, 4) is 0 Å². The molecular weight excluding hydrogens is 244 g/mol. The fraction of sp³-hybridized carbons (Fsp3) is 0.417. The maximum atomic E-state index is 11.2. The van der Waals surface area contributed by atoms with Crippen molar-refractivity contribution in [2.75, 3.05) is 6.61 Å². The fourth-order valence-electron chi connectivity index (χ4n) is 1.37. The molecule has 2 unspecified atom stereocenters. The van der Waals surface area contributed by atoms with Crippen molar-refractivity contribution in [1.82, 2.24) is 0 Å². The minimum Gasteiger partial charge on any atom is -0.464 e. The van der Waals surface area contributed by atoms with Gasteiger partial charge < -0.3 is 14.9 Å². The van der Waals surface area contributed by atoms with Gasteiger partial charge in [-0.1, -0.05) is 23.7 Å². The van der Waals surface area contributed by atoms with Crippen LogP contribution in [0.2, 0.25) is 5.02 Å². The summed E-state index contributed by atoms with van der Waals surface area (Å²) >= 11 is 5.71. The lowest BCUT2D eigenvalue weighted by atomic mass is 10.0. The molecule has 0 heterocycles. The predicted molar refractivity (Wildman–Crippen MR) is 63.7 cm³/mol. The third-order valence-corrected chi connectivity index (χ3v) is 2.51. The molecule has 17 heavy (non-hydrogen) atoms. The molecule has 1 aromatic rings. The van der Waals surface area contributed by atoms with Gasteiger partial charge in [-0.05, 0) is 24.6 Å². The van der Waals surface area contributed by atoms with Crippen LogP contribution in [0.15, 0.2) is 24.3 Å². The van der Waals surface area contributed by atoms with Gasteiger partial charge in [-0.3, -0.25) is 0 Å². The Kier molecular flexibility index (Phi) is 5.41. The number of carbonyl (C=O) groups excluding carboxylic acids is 1. The largest absolute Gasteiger partial charge is 0.464 e. The average Bonchev–Trinajstić information content (AvgIpc) is 2.30. The summed E-state index contributed by atoms with van der Waals surface area (Å²) < 4.78 is 4.64. The van der Waals surface area contributed by atoms with E-state index >= 15 is 0 Å². The molecule has 0 aliphatic rings. The molecule has 0 aliphatic heterocycles. The second-order valence-electron chi connectivity index (χ2n) is 3.57. The van der Waals surface area contributed by atoms with Crippen LogP contribution >= 0.6 is 11.6 Å². The number of aliphatic hydroxyl groups is 2. The predicted octanol–water partition coefficient (Wildman–Crippen LogP) is 1.69. The van der Waals surface area contributed by atoms with Crippen molar-refractivity contribution in [2.24, 2.45) is 0 Å². The zero-order valence-corrected chi connectivity index (χ0v) is 10.2. The zero-order chi connectivity index (χ0) is 12.8. The Morgan fingerprint density at radius 3 is 2.47 bits per heavy atom. The van der Waals surface area contributed by atoms with Crippen molar-refractivity contribution in [3.05, 3.63) is 34.9 Å². The van der Waals surface area contributed by atoms with Gasteiger partial charge in [-0.2, -0.15) is 0 Å². The Morgan fingerprint density at radius 1 is 1.35 bits per heavy atom. The molecular formula is C12H15ClO4. The molecule has 0 fully saturated rings. The minimum atomic E-state index is -1.32. The monoisotopic (exact) mass is 258 g/mol. The first-order valence-electron chi connectivity index (χ1n) is 5.32. The maximum absolute atomic E-state index is 11.2. The zero-order valence-electron chi connectivity index (χ0n) is 9.47. The number of aliphatic hydroxyl groups excluding tert-OH is 2. The Hall–Kier alpha value is -1.10. The minimum absolute atomic E-state index is 0.0968. The molecule has 0 aliphatic carbocycles. The SMILES string of the molecule is CCOC(=O)C(O)CC(O)c1ccc(Cl)cc1. The molecule has 1 rings (SSSR count). The first-order chi connectivity index (χ1) is 8.04. The van der Waals surface area contributed by atoms with E-state index in [0.29, 0.717) is 10.6 Å². The van der Waals surface area contributed by atoms with Gasteiger partial charge in [-0.25, -0.2) is 4.79 Å². The summed E-state index contributed by atoms with van der Waals surface area (Å²) in [5.41, 5.74) is 0.595. The van der Waals surface area contributed by atoms with E-state index in [0.717, 1.165) is 0 Å². The number of benzene rings is 1. The van der Waals surface area contributed by atoms with Crippen LogP contribution in [0.1, 0.15) is 25.0 Å². The number of hydrogen-bond donors (Lipinski definition) is 2. The summed E-state index contributed by atoms with van der Waals surface area (Å²) in [7, 11) is 0. The van der Waals surface area contributed by atoms with E-state index in [4.69, 9.17) is 11.6 Å². The van der Waals surface area contributed by atoms with Crippen LogP contribution in [0.25, 0.3) is 0 Å². The van der Waals surface area contributed by atoms with Crippen molar-refractivity contribution in [2.45, 2.75) is 25.6 Å². The van der Waals surface area contributed by atoms with Crippen LogP contribution in [0.3, 0.4) is 0 Å². The molecule has 0 saturated carbocycles. The number of esters is 1. The quantitative estimate of drug-likeness (QED) is 0.789. The summed E-state index contributed by atoms with van der Waals surface area (Å²) in [5, 5.41) is 19.8. The molecule has 5 heteroatoms. The molecule has 0 saturated heterocycles. The molecule has 2 atom stereocenters. The summed E-state index contributed by atoms with van der Waals surface area (Å²) in [6.45, 7) is 1.85. The van der Waals surface area contributed by atoms with Crippen LogP contribution in [0, 0.1) is 0 Å². The molecule has 1 aromatic carbocycles. The molecule has 0 aromatic heterocycles. The smallest absolute Gasteiger partial charge is 0.335 e. The van der Waals surface area contributed by atoms with Crippen molar-refractivity contribution in [1.29, 1.82) is 0 Å². The second-order valence-corrected chi connectivity index (χ2v) is 4.01. The number of hydrogen-bond acceptors (Lipinski definition) is 4.